The number of sulfonamides is 1. The molecule has 1 rings (SSSR count). The van der Waals surface area contributed by atoms with Gasteiger partial charge in [-0.25, -0.2) is 17.9 Å². The van der Waals surface area contributed by atoms with Gasteiger partial charge in [0.1, 0.15) is 0 Å². The molecule has 0 fully saturated rings. The predicted molar refractivity (Wildman–Crippen MR) is 96.0 cm³/mol. The Balaban J connectivity index is 3.02. The van der Waals surface area contributed by atoms with Crippen LogP contribution < -0.4 is 10.0 Å². The SMILES string of the molecule is CCC[C@H](C)Nc1ccc(S(=O)(=O)NCCC(C)C)cc1C(=O)O. The van der Waals surface area contributed by atoms with E-state index in [1.54, 1.807) is 0 Å². The highest BCUT2D eigenvalue weighted by Gasteiger charge is 2.19. The van der Waals surface area contributed by atoms with E-state index >= 15 is 0 Å². The van der Waals surface area contributed by atoms with E-state index in [0.717, 1.165) is 19.3 Å². The van der Waals surface area contributed by atoms with Crippen LogP contribution in [-0.2, 0) is 10.0 Å². The van der Waals surface area contributed by atoms with E-state index in [1.807, 2.05) is 20.8 Å². The number of anilines is 1. The molecule has 3 N–H and O–H groups in total. The average molecular weight is 356 g/mol. The van der Waals surface area contributed by atoms with Crippen LogP contribution in [0.1, 0.15) is 57.3 Å². The Morgan fingerprint density at radius 2 is 1.88 bits per heavy atom. The highest BCUT2D eigenvalue weighted by Crippen LogP contribution is 2.22. The lowest BCUT2D eigenvalue weighted by Crippen LogP contribution is -2.26. The Hall–Kier alpha value is -1.60. The Labute approximate surface area is 144 Å². The average Bonchev–Trinajstić information content (AvgIpc) is 2.46. The number of hydrogen-bond donors (Lipinski definition) is 3. The van der Waals surface area contributed by atoms with Crippen LogP contribution in [0.2, 0.25) is 0 Å². The first-order chi connectivity index (χ1) is 11.2. The van der Waals surface area contributed by atoms with Gasteiger partial charge in [0.25, 0.3) is 0 Å². The first-order valence-corrected chi connectivity index (χ1v) is 9.79. The van der Waals surface area contributed by atoms with Gasteiger partial charge in [0, 0.05) is 18.3 Å². The number of carbonyl (C=O) groups is 1. The third-order valence-electron chi connectivity index (χ3n) is 3.67. The van der Waals surface area contributed by atoms with Crippen molar-refractivity contribution in [3.8, 4) is 0 Å². The van der Waals surface area contributed by atoms with Gasteiger partial charge in [-0.05, 0) is 43.9 Å². The smallest absolute Gasteiger partial charge is 0.337 e. The highest BCUT2D eigenvalue weighted by molar-refractivity contribution is 7.89. The van der Waals surface area contributed by atoms with Crippen LogP contribution in [0.5, 0.6) is 0 Å². The quantitative estimate of drug-likeness (QED) is 0.598. The summed E-state index contributed by atoms with van der Waals surface area (Å²) in [5, 5.41) is 12.5. The Kier molecular flexibility index (Phi) is 7.69. The lowest BCUT2D eigenvalue weighted by Gasteiger charge is -2.17. The van der Waals surface area contributed by atoms with Crippen LogP contribution in [0, 0.1) is 5.92 Å². The van der Waals surface area contributed by atoms with Crippen LogP contribution in [0.4, 0.5) is 5.69 Å². The van der Waals surface area contributed by atoms with Gasteiger partial charge in [-0.1, -0.05) is 27.2 Å². The summed E-state index contributed by atoms with van der Waals surface area (Å²) in [5.74, 6) is -0.769. The summed E-state index contributed by atoms with van der Waals surface area (Å²) in [5.41, 5.74) is 0.397. The van der Waals surface area contributed by atoms with E-state index in [0.29, 0.717) is 18.2 Å². The summed E-state index contributed by atoms with van der Waals surface area (Å²) < 4.78 is 27.1. The molecule has 24 heavy (non-hydrogen) atoms. The number of hydrogen-bond acceptors (Lipinski definition) is 4. The minimum absolute atomic E-state index is 0.0302. The van der Waals surface area contributed by atoms with Gasteiger partial charge in [-0.3, -0.25) is 0 Å². The van der Waals surface area contributed by atoms with Crippen LogP contribution >= 0.6 is 0 Å². The molecule has 0 aliphatic carbocycles. The van der Waals surface area contributed by atoms with Crippen LogP contribution in [0.25, 0.3) is 0 Å². The number of rotatable bonds is 10. The minimum atomic E-state index is -3.71. The molecular formula is C17H28N2O4S. The summed E-state index contributed by atoms with van der Waals surface area (Å²) in [6.45, 7) is 8.36. The topological polar surface area (TPSA) is 95.5 Å². The fourth-order valence-electron chi connectivity index (χ4n) is 2.33. The monoisotopic (exact) mass is 356 g/mol. The normalized spacial score (nSPS) is 13.0. The largest absolute Gasteiger partial charge is 0.478 e. The molecule has 0 aliphatic heterocycles. The van der Waals surface area contributed by atoms with E-state index in [4.69, 9.17) is 0 Å². The molecule has 0 radical (unpaired) electrons. The summed E-state index contributed by atoms with van der Waals surface area (Å²) in [7, 11) is -3.71. The summed E-state index contributed by atoms with van der Waals surface area (Å²) in [6.07, 6.45) is 2.60. The van der Waals surface area contributed by atoms with E-state index in [2.05, 4.69) is 17.0 Å². The van der Waals surface area contributed by atoms with E-state index in [-0.39, 0.29) is 16.5 Å². The van der Waals surface area contributed by atoms with Gasteiger partial charge in [-0.2, -0.15) is 0 Å². The summed E-state index contributed by atoms with van der Waals surface area (Å²) in [4.78, 5) is 11.5. The Bertz CT molecular complexity index is 657. The van der Waals surface area contributed by atoms with Gasteiger partial charge in [0.2, 0.25) is 10.0 Å². The molecule has 136 valence electrons. The number of aromatic carboxylic acids is 1. The van der Waals surface area contributed by atoms with E-state index in [9.17, 15) is 18.3 Å². The lowest BCUT2D eigenvalue weighted by molar-refractivity contribution is 0.0697. The standard InChI is InChI=1S/C17H28N2O4S/c1-5-6-13(4)19-16-8-7-14(11-15(16)17(20)21)24(22,23)18-10-9-12(2)3/h7-8,11-13,18-19H,5-6,9-10H2,1-4H3,(H,20,21)/t13-/m0/s1. The maximum absolute atomic E-state index is 12.3. The molecular weight excluding hydrogens is 328 g/mol. The van der Waals surface area contributed by atoms with Crippen molar-refractivity contribution in [2.75, 3.05) is 11.9 Å². The van der Waals surface area contributed by atoms with Gasteiger partial charge in [0.05, 0.1) is 10.5 Å². The molecule has 6 nitrogen and oxygen atoms in total. The zero-order valence-electron chi connectivity index (χ0n) is 14.8. The summed E-state index contributed by atoms with van der Waals surface area (Å²) in [6, 6.07) is 4.28. The highest BCUT2D eigenvalue weighted by atomic mass is 32.2. The Morgan fingerprint density at radius 1 is 1.21 bits per heavy atom. The fraction of sp³-hybridized carbons (Fsp3) is 0.588. The zero-order valence-corrected chi connectivity index (χ0v) is 15.6. The number of carboxylic acids is 1. The van der Waals surface area contributed by atoms with Gasteiger partial charge >= 0.3 is 5.97 Å². The van der Waals surface area contributed by atoms with E-state index < -0.39 is 16.0 Å². The fourth-order valence-corrected chi connectivity index (χ4v) is 3.40. The molecule has 1 aromatic rings. The second-order valence-corrected chi connectivity index (χ2v) is 8.19. The minimum Gasteiger partial charge on any atom is -0.478 e. The van der Waals surface area contributed by atoms with Crippen LogP contribution in [0.15, 0.2) is 23.1 Å². The molecule has 0 unspecified atom stereocenters. The van der Waals surface area contributed by atoms with Gasteiger partial charge in [0.15, 0.2) is 0 Å². The van der Waals surface area contributed by atoms with Crippen molar-refractivity contribution in [1.82, 2.24) is 4.72 Å². The van der Waals surface area contributed by atoms with Gasteiger partial charge < -0.3 is 10.4 Å². The number of benzene rings is 1. The van der Waals surface area contributed by atoms with Crippen molar-refractivity contribution >= 4 is 21.7 Å². The first kappa shape index (κ1) is 20.4. The third-order valence-corrected chi connectivity index (χ3v) is 5.13. The van der Waals surface area contributed by atoms with E-state index in [1.165, 1.54) is 18.2 Å². The third kappa shape index (κ3) is 6.13. The molecule has 0 spiro atoms. The van der Waals surface area contributed by atoms with Crippen molar-refractivity contribution in [3.05, 3.63) is 23.8 Å². The van der Waals surface area contributed by atoms with Crippen molar-refractivity contribution < 1.29 is 18.3 Å². The maximum atomic E-state index is 12.3. The predicted octanol–water partition coefficient (Wildman–Crippen LogP) is 3.31. The second kappa shape index (κ2) is 9.03. The molecule has 0 bridgehead atoms. The molecule has 1 aromatic carbocycles. The van der Waals surface area contributed by atoms with Crippen LogP contribution in [0.3, 0.4) is 0 Å². The van der Waals surface area contributed by atoms with Gasteiger partial charge in [-0.15, -0.1) is 0 Å². The van der Waals surface area contributed by atoms with Crippen molar-refractivity contribution in [2.45, 2.75) is 57.9 Å². The number of nitrogens with one attached hydrogen (secondary N) is 2. The molecule has 0 aliphatic rings. The molecule has 0 amide bonds. The first-order valence-electron chi connectivity index (χ1n) is 8.31. The Morgan fingerprint density at radius 3 is 2.42 bits per heavy atom. The number of carboxylic acid groups (broad SMARTS) is 1. The molecule has 7 heteroatoms. The molecule has 0 saturated carbocycles. The molecule has 0 aromatic heterocycles. The zero-order chi connectivity index (χ0) is 18.3. The molecule has 1 atom stereocenters. The lowest BCUT2D eigenvalue weighted by atomic mass is 10.1. The van der Waals surface area contributed by atoms with Crippen molar-refractivity contribution in [2.24, 2.45) is 5.92 Å². The van der Waals surface area contributed by atoms with Crippen molar-refractivity contribution in [1.29, 1.82) is 0 Å². The van der Waals surface area contributed by atoms with Crippen LogP contribution in [-0.4, -0.2) is 32.1 Å². The second-order valence-electron chi connectivity index (χ2n) is 6.43. The van der Waals surface area contributed by atoms with Crippen molar-refractivity contribution in [3.63, 3.8) is 0 Å². The molecule has 0 heterocycles. The maximum Gasteiger partial charge on any atom is 0.337 e. The summed E-state index contributed by atoms with van der Waals surface area (Å²) >= 11 is 0. The molecule has 0 saturated heterocycles.